The van der Waals surface area contributed by atoms with E-state index < -0.39 is 8.60 Å². The number of hydrogen-bond acceptors (Lipinski definition) is 3. The predicted molar refractivity (Wildman–Crippen MR) is 101 cm³/mol. The van der Waals surface area contributed by atoms with E-state index in [1.165, 1.54) is 38.5 Å². The lowest BCUT2D eigenvalue weighted by Crippen LogP contribution is -2.20. The SMILES string of the molecule is CCCCC(C)(C)CCCCC1CCOP(Oc2ccccc2)O1. The van der Waals surface area contributed by atoms with E-state index in [2.05, 4.69) is 20.8 Å². The second kappa shape index (κ2) is 10.4. The van der Waals surface area contributed by atoms with Crippen molar-refractivity contribution < 1.29 is 13.6 Å². The van der Waals surface area contributed by atoms with Crippen molar-refractivity contribution in [2.24, 2.45) is 5.41 Å². The Balaban J connectivity index is 1.64. The molecule has 2 unspecified atom stereocenters. The van der Waals surface area contributed by atoms with Crippen LogP contribution in [-0.2, 0) is 9.05 Å². The van der Waals surface area contributed by atoms with E-state index in [1.807, 2.05) is 30.3 Å². The Hall–Kier alpha value is -0.630. The fourth-order valence-corrected chi connectivity index (χ4v) is 4.19. The summed E-state index contributed by atoms with van der Waals surface area (Å²) in [6.07, 6.45) is 10.2. The van der Waals surface area contributed by atoms with Crippen molar-refractivity contribution in [1.82, 2.24) is 0 Å². The zero-order valence-electron chi connectivity index (χ0n) is 15.5. The molecule has 24 heavy (non-hydrogen) atoms. The summed E-state index contributed by atoms with van der Waals surface area (Å²) in [6.45, 7) is 7.82. The summed E-state index contributed by atoms with van der Waals surface area (Å²) in [4.78, 5) is 0. The molecule has 1 saturated heterocycles. The number of unbranched alkanes of at least 4 members (excludes halogenated alkanes) is 2. The number of benzene rings is 1. The van der Waals surface area contributed by atoms with Gasteiger partial charge in [0.1, 0.15) is 5.75 Å². The minimum atomic E-state index is -1.24. The first-order valence-electron chi connectivity index (χ1n) is 9.42. The third-order valence-electron chi connectivity index (χ3n) is 4.63. The standard InChI is InChI=1S/C20H33O3P/c1-4-5-15-20(2,3)16-10-9-13-19-14-17-21-24(23-19)22-18-11-7-6-8-12-18/h6-8,11-12,19H,4-5,9-10,13-17H2,1-3H3. The van der Waals surface area contributed by atoms with E-state index in [4.69, 9.17) is 13.6 Å². The van der Waals surface area contributed by atoms with Gasteiger partial charge in [-0.25, -0.2) is 0 Å². The topological polar surface area (TPSA) is 27.7 Å². The predicted octanol–water partition coefficient (Wildman–Crippen LogP) is 6.87. The van der Waals surface area contributed by atoms with Gasteiger partial charge in [-0.15, -0.1) is 0 Å². The molecule has 136 valence electrons. The molecule has 0 aliphatic carbocycles. The van der Waals surface area contributed by atoms with Crippen LogP contribution in [-0.4, -0.2) is 12.7 Å². The lowest BCUT2D eigenvalue weighted by Gasteiger charge is -2.28. The summed E-state index contributed by atoms with van der Waals surface area (Å²) in [5, 5.41) is 0. The summed E-state index contributed by atoms with van der Waals surface area (Å²) < 4.78 is 17.5. The zero-order chi connectivity index (χ0) is 17.3. The van der Waals surface area contributed by atoms with Crippen LogP contribution in [0.25, 0.3) is 0 Å². The van der Waals surface area contributed by atoms with Crippen LogP contribution in [0.3, 0.4) is 0 Å². The molecule has 1 heterocycles. The highest BCUT2D eigenvalue weighted by atomic mass is 31.2. The lowest BCUT2D eigenvalue weighted by atomic mass is 9.82. The molecule has 0 bridgehead atoms. The molecule has 4 heteroatoms. The minimum absolute atomic E-state index is 0.285. The second-order valence-electron chi connectivity index (χ2n) is 7.49. The largest absolute Gasteiger partial charge is 0.427 e. The number of hydrogen-bond donors (Lipinski definition) is 0. The normalized spacial score (nSPS) is 21.6. The van der Waals surface area contributed by atoms with Crippen LogP contribution in [0.1, 0.15) is 72.1 Å². The molecule has 1 aromatic carbocycles. The van der Waals surface area contributed by atoms with Crippen molar-refractivity contribution in [3.05, 3.63) is 30.3 Å². The molecule has 1 aliphatic heterocycles. The molecule has 2 atom stereocenters. The van der Waals surface area contributed by atoms with Gasteiger partial charge >= 0.3 is 8.60 Å². The molecule has 0 spiro atoms. The maximum absolute atomic E-state index is 6.01. The van der Waals surface area contributed by atoms with Crippen molar-refractivity contribution in [3.63, 3.8) is 0 Å². The third-order valence-corrected chi connectivity index (χ3v) is 5.86. The summed E-state index contributed by atoms with van der Waals surface area (Å²) in [5.41, 5.74) is 0.482. The van der Waals surface area contributed by atoms with Crippen molar-refractivity contribution in [2.45, 2.75) is 78.2 Å². The van der Waals surface area contributed by atoms with Crippen LogP contribution in [0.5, 0.6) is 5.75 Å². The Bertz CT molecular complexity index is 449. The molecular formula is C20H33O3P. The molecule has 0 radical (unpaired) electrons. The van der Waals surface area contributed by atoms with E-state index >= 15 is 0 Å². The fourth-order valence-electron chi connectivity index (χ4n) is 3.03. The molecule has 0 saturated carbocycles. The molecule has 1 aliphatic rings. The molecule has 0 amide bonds. The van der Waals surface area contributed by atoms with Gasteiger partial charge in [0, 0.05) is 0 Å². The molecule has 1 fully saturated rings. The van der Waals surface area contributed by atoms with E-state index in [9.17, 15) is 0 Å². The second-order valence-corrected chi connectivity index (χ2v) is 8.59. The van der Waals surface area contributed by atoms with Gasteiger partial charge in [-0.05, 0) is 43.2 Å². The first-order valence-corrected chi connectivity index (χ1v) is 10.5. The van der Waals surface area contributed by atoms with Gasteiger partial charge in [0.2, 0.25) is 0 Å². The highest BCUT2D eigenvalue weighted by molar-refractivity contribution is 7.42. The average Bonchev–Trinajstić information content (AvgIpc) is 2.58. The molecular weight excluding hydrogens is 319 g/mol. The van der Waals surface area contributed by atoms with Gasteiger partial charge < -0.3 is 9.05 Å². The fraction of sp³-hybridized carbons (Fsp3) is 0.700. The van der Waals surface area contributed by atoms with Crippen molar-refractivity contribution in [1.29, 1.82) is 0 Å². The Morgan fingerprint density at radius 1 is 1.12 bits per heavy atom. The maximum atomic E-state index is 6.01. The van der Waals surface area contributed by atoms with Gasteiger partial charge in [0.15, 0.2) is 0 Å². The Kier molecular flexibility index (Phi) is 8.52. The van der Waals surface area contributed by atoms with E-state index in [0.717, 1.165) is 25.2 Å². The van der Waals surface area contributed by atoms with Crippen LogP contribution in [0.2, 0.25) is 0 Å². The highest BCUT2D eigenvalue weighted by Gasteiger charge is 2.26. The minimum Gasteiger partial charge on any atom is -0.427 e. The van der Waals surface area contributed by atoms with E-state index in [1.54, 1.807) is 0 Å². The van der Waals surface area contributed by atoms with E-state index in [-0.39, 0.29) is 6.10 Å². The lowest BCUT2D eigenvalue weighted by molar-refractivity contribution is 0.0750. The molecule has 2 rings (SSSR count). The number of rotatable bonds is 10. The molecule has 3 nitrogen and oxygen atoms in total. The Morgan fingerprint density at radius 2 is 1.88 bits per heavy atom. The third kappa shape index (κ3) is 7.51. The van der Waals surface area contributed by atoms with Crippen molar-refractivity contribution in [3.8, 4) is 5.75 Å². The summed E-state index contributed by atoms with van der Waals surface area (Å²) in [7, 11) is -1.24. The Labute approximate surface area is 149 Å². The van der Waals surface area contributed by atoms with Crippen LogP contribution < -0.4 is 4.52 Å². The molecule has 1 aromatic rings. The smallest absolute Gasteiger partial charge is 0.397 e. The quantitative estimate of drug-likeness (QED) is 0.339. The van der Waals surface area contributed by atoms with Gasteiger partial charge in [0.05, 0.1) is 12.7 Å². The monoisotopic (exact) mass is 352 g/mol. The highest BCUT2D eigenvalue weighted by Crippen LogP contribution is 2.46. The van der Waals surface area contributed by atoms with Gasteiger partial charge in [-0.2, -0.15) is 0 Å². The molecule has 0 aromatic heterocycles. The summed E-state index contributed by atoms with van der Waals surface area (Å²) in [5.74, 6) is 0.821. The average molecular weight is 352 g/mol. The van der Waals surface area contributed by atoms with Crippen LogP contribution in [0.15, 0.2) is 30.3 Å². The number of para-hydroxylation sites is 1. The van der Waals surface area contributed by atoms with Crippen LogP contribution in [0.4, 0.5) is 0 Å². The molecule has 0 N–H and O–H groups in total. The van der Waals surface area contributed by atoms with Crippen molar-refractivity contribution in [2.75, 3.05) is 6.61 Å². The van der Waals surface area contributed by atoms with Gasteiger partial charge in [-0.1, -0.05) is 64.7 Å². The first kappa shape index (κ1) is 19.7. The summed E-state index contributed by atoms with van der Waals surface area (Å²) in [6, 6.07) is 9.79. The van der Waals surface area contributed by atoms with Crippen LogP contribution >= 0.6 is 8.60 Å². The Morgan fingerprint density at radius 3 is 2.62 bits per heavy atom. The van der Waals surface area contributed by atoms with Gasteiger partial charge in [-0.3, -0.25) is 4.52 Å². The maximum Gasteiger partial charge on any atom is 0.397 e. The van der Waals surface area contributed by atoms with Gasteiger partial charge in [0.25, 0.3) is 0 Å². The summed E-state index contributed by atoms with van der Waals surface area (Å²) >= 11 is 0. The van der Waals surface area contributed by atoms with Crippen molar-refractivity contribution >= 4 is 8.60 Å². The van der Waals surface area contributed by atoms with E-state index in [0.29, 0.717) is 5.41 Å². The zero-order valence-corrected chi connectivity index (χ0v) is 16.4. The van der Waals surface area contributed by atoms with Crippen LogP contribution in [0, 0.1) is 5.41 Å². The first-order chi connectivity index (χ1) is 11.6.